The van der Waals surface area contributed by atoms with Crippen molar-refractivity contribution < 1.29 is 13.5 Å². The molecule has 0 aliphatic heterocycles. The van der Waals surface area contributed by atoms with E-state index in [-0.39, 0.29) is 11.5 Å². The molecule has 0 atom stereocenters. The van der Waals surface area contributed by atoms with Gasteiger partial charge >= 0.3 is 0 Å². The molecule has 0 bridgehead atoms. The molecule has 0 heterocycles. The van der Waals surface area contributed by atoms with Crippen LogP contribution in [0.5, 0.6) is 5.75 Å². The summed E-state index contributed by atoms with van der Waals surface area (Å²) in [7, 11) is -3.33. The van der Waals surface area contributed by atoms with E-state index in [4.69, 9.17) is 11.6 Å². The summed E-state index contributed by atoms with van der Waals surface area (Å²) in [6, 6.07) is 4.59. The summed E-state index contributed by atoms with van der Waals surface area (Å²) >= 11 is 5.49. The maximum Gasteiger partial charge on any atom is 0.232 e. The van der Waals surface area contributed by atoms with E-state index in [2.05, 4.69) is 4.72 Å². The molecule has 0 radical (unpaired) electrons. The van der Waals surface area contributed by atoms with Gasteiger partial charge in [0.1, 0.15) is 5.75 Å². The lowest BCUT2D eigenvalue weighted by atomic mass is 10.2. The largest absolute Gasteiger partial charge is 0.508 e. The first-order valence-corrected chi connectivity index (χ1v) is 7.49. The summed E-state index contributed by atoms with van der Waals surface area (Å²) in [6.45, 7) is 1.71. The number of aryl methyl sites for hydroxylation is 1. The van der Waals surface area contributed by atoms with E-state index in [9.17, 15) is 13.5 Å². The SMILES string of the molecule is Cc1cc(NS(=O)(=O)CCCCCl)ccc1O. The first-order valence-electron chi connectivity index (χ1n) is 5.31. The van der Waals surface area contributed by atoms with Crippen molar-refractivity contribution in [1.82, 2.24) is 0 Å². The van der Waals surface area contributed by atoms with E-state index < -0.39 is 10.0 Å². The molecule has 0 unspecified atom stereocenters. The molecule has 1 aromatic carbocycles. The Labute approximate surface area is 107 Å². The topological polar surface area (TPSA) is 66.4 Å². The fourth-order valence-corrected chi connectivity index (χ4v) is 2.70. The van der Waals surface area contributed by atoms with Crippen LogP contribution in [0.15, 0.2) is 18.2 Å². The molecule has 4 nitrogen and oxygen atoms in total. The lowest BCUT2D eigenvalue weighted by molar-refractivity contribution is 0.471. The Morgan fingerprint density at radius 1 is 1.35 bits per heavy atom. The van der Waals surface area contributed by atoms with Crippen molar-refractivity contribution >= 4 is 27.3 Å². The quantitative estimate of drug-likeness (QED) is 0.477. The van der Waals surface area contributed by atoms with Gasteiger partial charge in [-0.3, -0.25) is 4.72 Å². The molecule has 96 valence electrons. The number of unbranched alkanes of at least 4 members (excludes halogenated alkanes) is 1. The minimum atomic E-state index is -3.33. The smallest absolute Gasteiger partial charge is 0.232 e. The van der Waals surface area contributed by atoms with Crippen molar-refractivity contribution in [3.63, 3.8) is 0 Å². The van der Waals surface area contributed by atoms with Gasteiger partial charge in [0, 0.05) is 11.6 Å². The molecular weight excluding hydrogens is 262 g/mol. The number of alkyl halides is 1. The molecule has 0 fully saturated rings. The number of rotatable bonds is 6. The fourth-order valence-electron chi connectivity index (χ4n) is 1.34. The van der Waals surface area contributed by atoms with Crippen LogP contribution in [-0.2, 0) is 10.0 Å². The van der Waals surface area contributed by atoms with Gasteiger partial charge in [0.2, 0.25) is 10.0 Å². The Kier molecular flexibility index (Phi) is 5.08. The lowest BCUT2D eigenvalue weighted by Crippen LogP contribution is -2.16. The van der Waals surface area contributed by atoms with E-state index in [1.54, 1.807) is 13.0 Å². The summed E-state index contributed by atoms with van der Waals surface area (Å²) in [6.07, 6.45) is 1.22. The van der Waals surface area contributed by atoms with Crippen molar-refractivity contribution in [3.05, 3.63) is 23.8 Å². The third kappa shape index (κ3) is 4.83. The van der Waals surface area contributed by atoms with Crippen LogP contribution in [0.25, 0.3) is 0 Å². The molecule has 17 heavy (non-hydrogen) atoms. The van der Waals surface area contributed by atoms with Gasteiger partial charge in [-0.25, -0.2) is 8.42 Å². The molecule has 0 saturated carbocycles. The molecule has 6 heteroatoms. The zero-order valence-electron chi connectivity index (χ0n) is 9.61. The maximum absolute atomic E-state index is 11.7. The molecular formula is C11H16ClNO3S. The minimum Gasteiger partial charge on any atom is -0.508 e. The van der Waals surface area contributed by atoms with Gasteiger partial charge in [0.25, 0.3) is 0 Å². The van der Waals surface area contributed by atoms with Gasteiger partial charge in [-0.15, -0.1) is 11.6 Å². The van der Waals surface area contributed by atoms with Crippen molar-refractivity contribution in [1.29, 1.82) is 0 Å². The number of sulfonamides is 1. The number of hydrogen-bond donors (Lipinski definition) is 2. The Bertz CT molecular complexity index is 474. The predicted octanol–water partition coefficient (Wildman–Crippen LogP) is 2.46. The van der Waals surface area contributed by atoms with Crippen LogP contribution in [-0.4, -0.2) is 25.2 Å². The Morgan fingerprint density at radius 2 is 2.06 bits per heavy atom. The van der Waals surface area contributed by atoms with Crippen LogP contribution < -0.4 is 4.72 Å². The molecule has 1 aromatic rings. The summed E-state index contributed by atoms with van der Waals surface area (Å²) in [5.41, 5.74) is 1.09. The Hall–Kier alpha value is -0.940. The highest BCUT2D eigenvalue weighted by molar-refractivity contribution is 7.92. The molecule has 0 aromatic heterocycles. The number of phenolic OH excluding ortho intramolecular Hbond substituents is 1. The summed E-state index contributed by atoms with van der Waals surface area (Å²) in [5, 5.41) is 9.32. The van der Waals surface area contributed by atoms with Gasteiger partial charge in [0.05, 0.1) is 5.75 Å². The van der Waals surface area contributed by atoms with E-state index in [0.29, 0.717) is 30.0 Å². The van der Waals surface area contributed by atoms with Crippen molar-refractivity contribution in [2.24, 2.45) is 0 Å². The third-order valence-corrected chi connectivity index (χ3v) is 3.91. The van der Waals surface area contributed by atoms with Gasteiger partial charge in [-0.05, 0) is 43.5 Å². The number of anilines is 1. The average Bonchev–Trinajstić information content (AvgIpc) is 2.23. The number of phenols is 1. The number of halogens is 1. The van der Waals surface area contributed by atoms with Gasteiger partial charge in [0.15, 0.2) is 0 Å². The molecule has 0 aliphatic rings. The predicted molar refractivity (Wildman–Crippen MR) is 70.2 cm³/mol. The second-order valence-electron chi connectivity index (χ2n) is 3.82. The monoisotopic (exact) mass is 277 g/mol. The van der Waals surface area contributed by atoms with Crippen LogP contribution in [0.2, 0.25) is 0 Å². The molecule has 0 amide bonds. The number of hydrogen-bond acceptors (Lipinski definition) is 3. The van der Waals surface area contributed by atoms with Gasteiger partial charge in [-0.1, -0.05) is 0 Å². The molecule has 0 spiro atoms. The Morgan fingerprint density at radius 3 is 2.65 bits per heavy atom. The van der Waals surface area contributed by atoms with E-state index >= 15 is 0 Å². The number of benzene rings is 1. The summed E-state index contributed by atoms with van der Waals surface area (Å²) in [4.78, 5) is 0. The summed E-state index contributed by atoms with van der Waals surface area (Å²) in [5.74, 6) is 0.670. The number of nitrogens with one attached hydrogen (secondary N) is 1. The number of aromatic hydroxyl groups is 1. The van der Waals surface area contributed by atoms with E-state index in [1.165, 1.54) is 12.1 Å². The average molecular weight is 278 g/mol. The first kappa shape index (κ1) is 14.1. The van der Waals surface area contributed by atoms with E-state index in [1.807, 2.05) is 0 Å². The van der Waals surface area contributed by atoms with Crippen LogP contribution >= 0.6 is 11.6 Å². The fraction of sp³-hybridized carbons (Fsp3) is 0.455. The molecule has 0 saturated heterocycles. The second kappa shape index (κ2) is 6.12. The third-order valence-electron chi connectivity index (χ3n) is 2.27. The summed E-state index contributed by atoms with van der Waals surface area (Å²) < 4.78 is 25.8. The van der Waals surface area contributed by atoms with Crippen LogP contribution in [0, 0.1) is 6.92 Å². The highest BCUT2D eigenvalue weighted by atomic mass is 35.5. The Balaban J connectivity index is 2.66. The van der Waals surface area contributed by atoms with Crippen LogP contribution in [0.4, 0.5) is 5.69 Å². The lowest BCUT2D eigenvalue weighted by Gasteiger charge is -2.08. The van der Waals surface area contributed by atoms with Crippen LogP contribution in [0.1, 0.15) is 18.4 Å². The van der Waals surface area contributed by atoms with Crippen molar-refractivity contribution in [2.75, 3.05) is 16.4 Å². The molecule has 1 rings (SSSR count). The molecule has 2 N–H and O–H groups in total. The van der Waals surface area contributed by atoms with E-state index in [0.717, 1.165) is 0 Å². The van der Waals surface area contributed by atoms with Crippen molar-refractivity contribution in [2.45, 2.75) is 19.8 Å². The highest BCUT2D eigenvalue weighted by Gasteiger charge is 2.10. The molecule has 0 aliphatic carbocycles. The van der Waals surface area contributed by atoms with Gasteiger partial charge < -0.3 is 5.11 Å². The van der Waals surface area contributed by atoms with Crippen molar-refractivity contribution in [3.8, 4) is 5.75 Å². The standard InChI is InChI=1S/C11H16ClNO3S/c1-9-8-10(4-5-11(9)14)13-17(15,16)7-3-2-6-12/h4-5,8,13-14H,2-3,6-7H2,1H3. The zero-order chi connectivity index (χ0) is 12.9. The highest BCUT2D eigenvalue weighted by Crippen LogP contribution is 2.21. The maximum atomic E-state index is 11.7. The normalized spacial score (nSPS) is 11.4. The second-order valence-corrected chi connectivity index (χ2v) is 6.04. The first-order chi connectivity index (χ1) is 7.94. The van der Waals surface area contributed by atoms with Gasteiger partial charge in [-0.2, -0.15) is 0 Å². The van der Waals surface area contributed by atoms with Crippen LogP contribution in [0.3, 0.4) is 0 Å². The minimum absolute atomic E-state index is 0.0552. The zero-order valence-corrected chi connectivity index (χ0v) is 11.2.